The van der Waals surface area contributed by atoms with Gasteiger partial charge in [0, 0.05) is 37.7 Å². The number of hydrogen-bond acceptors (Lipinski definition) is 8. The molecule has 0 bridgehead atoms. The lowest BCUT2D eigenvalue weighted by atomic mass is 10.1. The fraction of sp³-hybridized carbons (Fsp3) is 0.320. The number of rotatable bonds is 8. The van der Waals surface area contributed by atoms with Gasteiger partial charge in [0.15, 0.2) is 0 Å². The van der Waals surface area contributed by atoms with Gasteiger partial charge in [0.2, 0.25) is 0 Å². The molecule has 9 heteroatoms. The predicted molar refractivity (Wildman–Crippen MR) is 126 cm³/mol. The van der Waals surface area contributed by atoms with Gasteiger partial charge in [-0.25, -0.2) is 9.97 Å². The zero-order valence-corrected chi connectivity index (χ0v) is 19.1. The van der Waals surface area contributed by atoms with Crippen LogP contribution in [0.25, 0.3) is 27.9 Å². The Morgan fingerprint density at radius 3 is 2.94 bits per heavy atom. The minimum Gasteiger partial charge on any atom is -0.491 e. The summed E-state index contributed by atoms with van der Waals surface area (Å²) in [6, 6.07) is 13.3. The second kappa shape index (κ2) is 9.66. The van der Waals surface area contributed by atoms with Crippen molar-refractivity contribution < 1.29 is 23.7 Å². The van der Waals surface area contributed by atoms with E-state index in [1.54, 1.807) is 13.3 Å². The molecule has 4 heterocycles. The van der Waals surface area contributed by atoms with Gasteiger partial charge in [-0.15, -0.1) is 0 Å². The Hall–Kier alpha value is -3.69. The van der Waals surface area contributed by atoms with Gasteiger partial charge in [0.05, 0.1) is 31.3 Å². The number of nitrogens with zero attached hydrogens (tertiary/aromatic N) is 3. The Morgan fingerprint density at radius 1 is 1.18 bits per heavy atom. The average Bonchev–Trinajstić information content (AvgIpc) is 3.51. The van der Waals surface area contributed by atoms with Crippen LogP contribution in [0.1, 0.15) is 6.42 Å². The number of methoxy groups -OCH3 is 2. The van der Waals surface area contributed by atoms with Crippen LogP contribution < -0.4 is 14.8 Å². The number of benzene rings is 1. The van der Waals surface area contributed by atoms with Gasteiger partial charge in [0.1, 0.15) is 41.4 Å². The highest BCUT2D eigenvalue weighted by molar-refractivity contribution is 5.86. The van der Waals surface area contributed by atoms with Crippen molar-refractivity contribution in [3.63, 3.8) is 0 Å². The highest BCUT2D eigenvalue weighted by Crippen LogP contribution is 2.30. The van der Waals surface area contributed by atoms with E-state index >= 15 is 0 Å². The molecule has 1 saturated heterocycles. The monoisotopic (exact) mass is 462 g/mol. The Morgan fingerprint density at radius 2 is 2.09 bits per heavy atom. The van der Waals surface area contributed by atoms with E-state index in [1.165, 1.54) is 7.11 Å². The summed E-state index contributed by atoms with van der Waals surface area (Å²) in [5.74, 6) is 1.14. The normalized spacial score (nSPS) is 17.8. The second-order valence-corrected chi connectivity index (χ2v) is 8.06. The van der Waals surface area contributed by atoms with E-state index in [0.717, 1.165) is 33.7 Å². The summed E-state index contributed by atoms with van der Waals surface area (Å²) < 4.78 is 23.8. The Balaban J connectivity index is 1.42. The van der Waals surface area contributed by atoms with Crippen molar-refractivity contribution in [3.8, 4) is 22.9 Å². The third kappa shape index (κ3) is 4.40. The number of hydrogen-bond donors (Lipinski definition) is 1. The summed E-state index contributed by atoms with van der Waals surface area (Å²) in [7, 11) is 3.04. The summed E-state index contributed by atoms with van der Waals surface area (Å²) in [6.07, 6.45) is 4.12. The minimum atomic E-state index is -0.352. The maximum absolute atomic E-state index is 11.8. The van der Waals surface area contributed by atoms with E-state index in [2.05, 4.69) is 10.3 Å². The standard InChI is InChI=1S/C25H26N4O5/c1-31-10-11-33-17-8-9-29-21(15-27-23(29)13-17)19-7-6-16-4-3-5-22(24(16)28-19)34-18-12-20(26-14-18)25(30)32-2/h3-9,13,15,18,20,26H,10-12,14H2,1-2H3/t18-,20+/m0/s1. The molecular weight excluding hydrogens is 436 g/mol. The van der Waals surface area contributed by atoms with Crippen LogP contribution in [-0.2, 0) is 14.3 Å². The van der Waals surface area contributed by atoms with Gasteiger partial charge in [0.25, 0.3) is 0 Å². The Bertz CT molecular complexity index is 1320. The first kappa shape index (κ1) is 22.1. The molecule has 1 N–H and O–H groups in total. The number of carbonyl (C=O) groups excluding carboxylic acids is 1. The number of aromatic nitrogens is 3. The summed E-state index contributed by atoms with van der Waals surface area (Å²) in [5.41, 5.74) is 3.17. The smallest absolute Gasteiger partial charge is 0.323 e. The van der Waals surface area contributed by atoms with Crippen molar-refractivity contribution in [2.24, 2.45) is 0 Å². The van der Waals surface area contributed by atoms with Gasteiger partial charge < -0.3 is 24.3 Å². The number of imidazole rings is 1. The molecule has 1 fully saturated rings. The maximum Gasteiger partial charge on any atom is 0.323 e. The van der Waals surface area contributed by atoms with Crippen LogP contribution >= 0.6 is 0 Å². The molecule has 176 valence electrons. The van der Waals surface area contributed by atoms with E-state index in [9.17, 15) is 4.79 Å². The van der Waals surface area contributed by atoms with Crippen molar-refractivity contribution in [3.05, 3.63) is 54.9 Å². The van der Waals surface area contributed by atoms with Gasteiger partial charge >= 0.3 is 5.97 Å². The van der Waals surface area contributed by atoms with Gasteiger partial charge in [-0.1, -0.05) is 18.2 Å². The molecule has 0 aliphatic carbocycles. The lowest BCUT2D eigenvalue weighted by Gasteiger charge is -2.15. The fourth-order valence-corrected chi connectivity index (χ4v) is 4.14. The second-order valence-electron chi connectivity index (χ2n) is 8.06. The molecule has 2 atom stereocenters. The van der Waals surface area contributed by atoms with Gasteiger partial charge in [-0.3, -0.25) is 9.20 Å². The first-order valence-electron chi connectivity index (χ1n) is 11.1. The molecule has 3 aromatic heterocycles. The van der Waals surface area contributed by atoms with Crippen LogP contribution in [0, 0.1) is 0 Å². The summed E-state index contributed by atoms with van der Waals surface area (Å²) in [6.45, 7) is 1.57. The predicted octanol–water partition coefficient (Wildman–Crippen LogP) is 2.86. The van der Waals surface area contributed by atoms with Crippen LogP contribution in [0.4, 0.5) is 0 Å². The van der Waals surface area contributed by atoms with E-state index in [4.69, 9.17) is 23.9 Å². The third-order valence-corrected chi connectivity index (χ3v) is 5.86. The highest BCUT2D eigenvalue weighted by atomic mass is 16.5. The number of pyridine rings is 2. The number of fused-ring (bicyclic) bond motifs is 2. The number of esters is 1. The summed E-state index contributed by atoms with van der Waals surface area (Å²) in [4.78, 5) is 21.3. The molecule has 34 heavy (non-hydrogen) atoms. The van der Waals surface area contributed by atoms with Crippen LogP contribution in [-0.4, -0.2) is 66.5 Å². The molecule has 5 rings (SSSR count). The summed E-state index contributed by atoms with van der Waals surface area (Å²) >= 11 is 0. The van der Waals surface area contributed by atoms with E-state index < -0.39 is 0 Å². The number of carbonyl (C=O) groups is 1. The van der Waals surface area contributed by atoms with Crippen LogP contribution in [0.2, 0.25) is 0 Å². The third-order valence-electron chi connectivity index (χ3n) is 5.86. The Labute approximate surface area is 196 Å². The highest BCUT2D eigenvalue weighted by Gasteiger charge is 2.31. The lowest BCUT2D eigenvalue weighted by molar-refractivity contribution is -0.142. The van der Waals surface area contributed by atoms with Gasteiger partial charge in [-0.05, 0) is 18.2 Å². The molecule has 0 radical (unpaired) electrons. The molecule has 9 nitrogen and oxygen atoms in total. The van der Waals surface area contributed by atoms with E-state index in [-0.39, 0.29) is 18.1 Å². The molecule has 1 aliphatic heterocycles. The van der Waals surface area contributed by atoms with Gasteiger partial charge in [-0.2, -0.15) is 0 Å². The van der Waals surface area contributed by atoms with Crippen molar-refractivity contribution in [2.45, 2.75) is 18.6 Å². The summed E-state index contributed by atoms with van der Waals surface area (Å²) in [5, 5.41) is 4.12. The SMILES string of the molecule is COCCOc1ccn2c(-c3ccc4cccc(O[C@@H]5CN[C@@H](C(=O)OC)C5)c4n3)cnc2c1. The topological polar surface area (TPSA) is 96.2 Å². The van der Waals surface area contributed by atoms with Crippen LogP contribution in [0.5, 0.6) is 11.5 Å². The number of nitrogens with one attached hydrogen (secondary N) is 1. The molecule has 0 amide bonds. The zero-order valence-electron chi connectivity index (χ0n) is 19.1. The molecule has 1 aromatic carbocycles. The van der Waals surface area contributed by atoms with Crippen molar-refractivity contribution in [2.75, 3.05) is 34.0 Å². The lowest BCUT2D eigenvalue weighted by Crippen LogP contribution is -2.31. The van der Waals surface area contributed by atoms with Crippen molar-refractivity contribution in [1.82, 2.24) is 19.7 Å². The van der Waals surface area contributed by atoms with Crippen LogP contribution in [0.15, 0.2) is 54.9 Å². The molecule has 1 aliphatic rings. The maximum atomic E-state index is 11.8. The number of para-hydroxylation sites is 1. The first-order valence-corrected chi connectivity index (χ1v) is 11.1. The molecule has 4 aromatic rings. The molecular formula is C25H26N4O5. The van der Waals surface area contributed by atoms with E-state index in [1.807, 2.05) is 53.1 Å². The first-order chi connectivity index (χ1) is 16.7. The van der Waals surface area contributed by atoms with Crippen molar-refractivity contribution >= 4 is 22.5 Å². The Kier molecular flexibility index (Phi) is 6.29. The van der Waals surface area contributed by atoms with Crippen molar-refractivity contribution in [1.29, 1.82) is 0 Å². The quantitative estimate of drug-likeness (QED) is 0.316. The molecule has 0 unspecified atom stereocenters. The number of ether oxygens (including phenoxy) is 4. The fourth-order valence-electron chi connectivity index (χ4n) is 4.14. The minimum absolute atomic E-state index is 0.146. The molecule has 0 saturated carbocycles. The average molecular weight is 463 g/mol. The van der Waals surface area contributed by atoms with Crippen LogP contribution in [0.3, 0.4) is 0 Å². The molecule has 0 spiro atoms. The van der Waals surface area contributed by atoms with E-state index in [0.29, 0.717) is 31.9 Å². The largest absolute Gasteiger partial charge is 0.491 e. The zero-order chi connectivity index (χ0) is 23.5.